The van der Waals surface area contributed by atoms with Gasteiger partial charge in [0.05, 0.1) is 5.60 Å². The minimum absolute atomic E-state index is 0.279. The number of aliphatic hydroxyl groups is 1. The molecule has 0 bridgehead atoms. The summed E-state index contributed by atoms with van der Waals surface area (Å²) >= 11 is 0. The molecular formula is C13H24O. The largest absolute Gasteiger partial charge is 0.389 e. The maximum Gasteiger partial charge on any atom is 0.0713 e. The molecule has 2 saturated carbocycles. The molecule has 2 rings (SSSR count). The summed E-state index contributed by atoms with van der Waals surface area (Å²) in [5, 5.41) is 10.5. The van der Waals surface area contributed by atoms with Gasteiger partial charge in [0.1, 0.15) is 0 Å². The number of hydrogen-bond donors (Lipinski definition) is 1. The molecule has 0 saturated heterocycles. The average Bonchev–Trinajstić information content (AvgIpc) is 2.77. The second-order valence-electron chi connectivity index (χ2n) is 6.09. The van der Waals surface area contributed by atoms with E-state index in [0.717, 1.165) is 12.8 Å². The minimum Gasteiger partial charge on any atom is -0.389 e. The van der Waals surface area contributed by atoms with E-state index in [1.165, 1.54) is 25.7 Å². The third-order valence-corrected chi connectivity index (χ3v) is 4.72. The summed E-state index contributed by atoms with van der Waals surface area (Å²) in [6.45, 7) is 6.90. The number of hydrogen-bond acceptors (Lipinski definition) is 1. The summed E-state index contributed by atoms with van der Waals surface area (Å²) in [7, 11) is 0. The van der Waals surface area contributed by atoms with Crippen molar-refractivity contribution in [1.29, 1.82) is 0 Å². The van der Waals surface area contributed by atoms with E-state index in [1.54, 1.807) is 0 Å². The van der Waals surface area contributed by atoms with Gasteiger partial charge in [0, 0.05) is 0 Å². The van der Waals surface area contributed by atoms with Crippen LogP contribution < -0.4 is 0 Å². The lowest BCUT2D eigenvalue weighted by Crippen LogP contribution is -2.39. The first-order valence-corrected chi connectivity index (χ1v) is 6.23. The van der Waals surface area contributed by atoms with E-state index in [0.29, 0.717) is 17.3 Å². The lowest BCUT2D eigenvalue weighted by Gasteiger charge is -2.42. The van der Waals surface area contributed by atoms with E-state index in [-0.39, 0.29) is 5.60 Å². The Morgan fingerprint density at radius 3 is 2.50 bits per heavy atom. The molecule has 0 aromatic rings. The van der Waals surface area contributed by atoms with Crippen LogP contribution in [0.5, 0.6) is 0 Å². The lowest BCUT2D eigenvalue weighted by molar-refractivity contribution is -0.0247. The predicted molar refractivity (Wildman–Crippen MR) is 59.1 cm³/mol. The molecule has 3 unspecified atom stereocenters. The SMILES string of the molecule is CCC1CC1(O)C1CCCCC1(C)C. The van der Waals surface area contributed by atoms with Gasteiger partial charge in [-0.1, -0.05) is 40.0 Å². The van der Waals surface area contributed by atoms with Gasteiger partial charge in [-0.05, 0) is 36.5 Å². The van der Waals surface area contributed by atoms with Gasteiger partial charge in [0.2, 0.25) is 0 Å². The quantitative estimate of drug-likeness (QED) is 0.718. The molecule has 14 heavy (non-hydrogen) atoms. The van der Waals surface area contributed by atoms with E-state index < -0.39 is 0 Å². The molecule has 1 nitrogen and oxygen atoms in total. The zero-order valence-electron chi connectivity index (χ0n) is 9.84. The monoisotopic (exact) mass is 196 g/mol. The van der Waals surface area contributed by atoms with Crippen molar-refractivity contribution >= 4 is 0 Å². The first-order valence-electron chi connectivity index (χ1n) is 6.23. The highest BCUT2D eigenvalue weighted by Gasteiger charge is 2.60. The van der Waals surface area contributed by atoms with Crippen LogP contribution in [0, 0.1) is 17.3 Å². The third kappa shape index (κ3) is 1.50. The summed E-state index contributed by atoms with van der Waals surface area (Å²) in [4.78, 5) is 0. The van der Waals surface area contributed by atoms with E-state index >= 15 is 0 Å². The molecule has 0 aromatic carbocycles. The second-order valence-corrected chi connectivity index (χ2v) is 6.09. The van der Waals surface area contributed by atoms with E-state index in [2.05, 4.69) is 20.8 Å². The highest BCUT2D eigenvalue weighted by Crippen LogP contribution is 2.59. The molecule has 0 aromatic heterocycles. The molecular weight excluding hydrogens is 172 g/mol. The summed E-state index contributed by atoms with van der Waals surface area (Å²) in [5.41, 5.74) is 0.0928. The lowest BCUT2D eigenvalue weighted by atomic mass is 9.65. The van der Waals surface area contributed by atoms with Gasteiger partial charge < -0.3 is 5.11 Å². The van der Waals surface area contributed by atoms with Gasteiger partial charge in [-0.25, -0.2) is 0 Å². The third-order valence-electron chi connectivity index (χ3n) is 4.72. The average molecular weight is 196 g/mol. The van der Waals surface area contributed by atoms with Crippen LogP contribution in [-0.2, 0) is 0 Å². The van der Waals surface area contributed by atoms with Gasteiger partial charge in [0.15, 0.2) is 0 Å². The van der Waals surface area contributed by atoms with Crippen molar-refractivity contribution in [3.63, 3.8) is 0 Å². The Bertz CT molecular complexity index is 221. The van der Waals surface area contributed by atoms with Crippen LogP contribution in [0.25, 0.3) is 0 Å². The van der Waals surface area contributed by atoms with Crippen molar-refractivity contribution < 1.29 is 5.11 Å². The standard InChI is InChI=1S/C13H24O/c1-4-10-9-13(10,14)11-7-5-6-8-12(11,2)3/h10-11,14H,4-9H2,1-3H3. The van der Waals surface area contributed by atoms with Gasteiger partial charge in [-0.2, -0.15) is 0 Å². The van der Waals surface area contributed by atoms with Crippen LogP contribution in [0.2, 0.25) is 0 Å². The Morgan fingerprint density at radius 1 is 1.29 bits per heavy atom. The normalized spacial score (nSPS) is 46.3. The van der Waals surface area contributed by atoms with Gasteiger partial charge >= 0.3 is 0 Å². The van der Waals surface area contributed by atoms with Crippen molar-refractivity contribution in [2.24, 2.45) is 17.3 Å². The molecule has 0 amide bonds. The molecule has 2 aliphatic carbocycles. The molecule has 2 aliphatic rings. The maximum absolute atomic E-state index is 10.5. The highest BCUT2D eigenvalue weighted by molar-refractivity contribution is 5.10. The van der Waals surface area contributed by atoms with E-state index in [4.69, 9.17) is 0 Å². The molecule has 0 spiro atoms. The Balaban J connectivity index is 2.09. The fraction of sp³-hybridized carbons (Fsp3) is 1.00. The van der Waals surface area contributed by atoms with Crippen molar-refractivity contribution in [2.75, 3.05) is 0 Å². The molecule has 0 aliphatic heterocycles. The fourth-order valence-electron chi connectivity index (χ4n) is 3.68. The molecule has 1 heteroatoms. The maximum atomic E-state index is 10.5. The molecule has 3 atom stereocenters. The molecule has 0 heterocycles. The van der Waals surface area contributed by atoms with Crippen LogP contribution in [0.15, 0.2) is 0 Å². The Labute approximate surface area is 87.9 Å². The number of rotatable bonds is 2. The summed E-state index contributed by atoms with van der Waals surface area (Å²) < 4.78 is 0. The highest BCUT2D eigenvalue weighted by atomic mass is 16.3. The summed E-state index contributed by atoms with van der Waals surface area (Å²) in [6, 6.07) is 0. The summed E-state index contributed by atoms with van der Waals surface area (Å²) in [5.74, 6) is 1.17. The van der Waals surface area contributed by atoms with Crippen molar-refractivity contribution in [1.82, 2.24) is 0 Å². The fourth-order valence-corrected chi connectivity index (χ4v) is 3.68. The first-order chi connectivity index (χ1) is 6.50. The zero-order valence-corrected chi connectivity index (χ0v) is 9.84. The molecule has 82 valence electrons. The van der Waals surface area contributed by atoms with E-state index in [9.17, 15) is 5.11 Å². The zero-order chi connectivity index (χ0) is 10.4. The topological polar surface area (TPSA) is 20.2 Å². The van der Waals surface area contributed by atoms with Crippen molar-refractivity contribution in [2.45, 2.75) is 64.9 Å². The predicted octanol–water partition coefficient (Wildman–Crippen LogP) is 3.36. The van der Waals surface area contributed by atoms with Gasteiger partial charge in [0.25, 0.3) is 0 Å². The van der Waals surface area contributed by atoms with E-state index in [1.807, 2.05) is 0 Å². The molecule has 1 N–H and O–H groups in total. The second kappa shape index (κ2) is 3.23. The molecule has 0 radical (unpaired) electrons. The van der Waals surface area contributed by atoms with Gasteiger partial charge in [-0.15, -0.1) is 0 Å². The first kappa shape index (κ1) is 10.5. The van der Waals surface area contributed by atoms with Crippen LogP contribution >= 0.6 is 0 Å². The summed E-state index contributed by atoms with van der Waals surface area (Å²) in [6.07, 6.45) is 7.46. The Kier molecular flexibility index (Phi) is 2.42. The Hall–Kier alpha value is -0.0400. The van der Waals surface area contributed by atoms with Crippen LogP contribution in [0.4, 0.5) is 0 Å². The van der Waals surface area contributed by atoms with Crippen molar-refractivity contribution in [3.05, 3.63) is 0 Å². The Morgan fingerprint density at radius 2 is 2.00 bits per heavy atom. The van der Waals surface area contributed by atoms with Crippen LogP contribution in [0.3, 0.4) is 0 Å². The smallest absolute Gasteiger partial charge is 0.0713 e. The van der Waals surface area contributed by atoms with Crippen LogP contribution in [-0.4, -0.2) is 10.7 Å². The molecule has 2 fully saturated rings. The van der Waals surface area contributed by atoms with Gasteiger partial charge in [-0.3, -0.25) is 0 Å². The van der Waals surface area contributed by atoms with Crippen molar-refractivity contribution in [3.8, 4) is 0 Å². The minimum atomic E-state index is -0.279. The van der Waals surface area contributed by atoms with Crippen LogP contribution in [0.1, 0.15) is 59.3 Å².